The van der Waals surface area contributed by atoms with Crippen LogP contribution in [0.5, 0.6) is 0 Å². The van der Waals surface area contributed by atoms with E-state index in [-0.39, 0.29) is 24.9 Å². The quantitative estimate of drug-likeness (QED) is 0.885. The predicted octanol–water partition coefficient (Wildman–Crippen LogP) is 0.560. The third kappa shape index (κ3) is 4.03. The van der Waals surface area contributed by atoms with Gasteiger partial charge in [0.2, 0.25) is 5.91 Å². The van der Waals surface area contributed by atoms with Gasteiger partial charge in [0.1, 0.15) is 0 Å². The van der Waals surface area contributed by atoms with Crippen molar-refractivity contribution in [2.45, 2.75) is 19.6 Å². The van der Waals surface area contributed by atoms with Crippen LogP contribution >= 0.6 is 11.3 Å². The van der Waals surface area contributed by atoms with Gasteiger partial charge in [0.05, 0.1) is 17.6 Å². The molecule has 6 nitrogen and oxygen atoms in total. The smallest absolute Gasteiger partial charge is 0.264 e. The van der Waals surface area contributed by atoms with E-state index in [0.717, 1.165) is 4.88 Å². The lowest BCUT2D eigenvalue weighted by molar-refractivity contribution is -0.129. The van der Waals surface area contributed by atoms with Crippen molar-refractivity contribution in [2.75, 3.05) is 33.3 Å². The minimum Gasteiger partial charge on any atom is -0.389 e. The zero-order valence-corrected chi connectivity index (χ0v) is 13.1. The fraction of sp³-hybridized carbons (Fsp3) is 0.571. The zero-order chi connectivity index (χ0) is 15.4. The monoisotopic (exact) mass is 312 g/mol. The fourth-order valence-electron chi connectivity index (χ4n) is 2.33. The van der Waals surface area contributed by atoms with E-state index in [4.69, 9.17) is 4.74 Å². The summed E-state index contributed by atoms with van der Waals surface area (Å²) in [5.41, 5.74) is 0. The first-order valence-corrected chi connectivity index (χ1v) is 7.63. The standard InChI is InChI=1S/C14H20N2O4S/c1-10(17)15-5-6-16(8-11(18)7-15)14(19)13-4-3-12(21-13)9-20-2/h3-4,11,18H,5-9H2,1-2H3/t11-/m0/s1. The van der Waals surface area contributed by atoms with E-state index in [0.29, 0.717) is 24.6 Å². The Hall–Kier alpha value is -1.44. The van der Waals surface area contributed by atoms with Crippen LogP contribution in [0.2, 0.25) is 0 Å². The molecule has 21 heavy (non-hydrogen) atoms. The van der Waals surface area contributed by atoms with Crippen LogP contribution in [0.4, 0.5) is 0 Å². The number of carbonyl (C=O) groups excluding carboxylic acids is 2. The molecule has 2 amide bonds. The van der Waals surface area contributed by atoms with Crippen molar-refractivity contribution in [3.8, 4) is 0 Å². The first-order chi connectivity index (χ1) is 10.0. The van der Waals surface area contributed by atoms with E-state index in [1.807, 2.05) is 6.07 Å². The molecule has 2 heterocycles. The third-order valence-electron chi connectivity index (χ3n) is 3.39. The SMILES string of the molecule is COCc1ccc(C(=O)N2CCN(C(C)=O)C[C@H](O)C2)s1. The number of carbonyl (C=O) groups is 2. The number of rotatable bonds is 3. The van der Waals surface area contributed by atoms with Crippen molar-refractivity contribution in [3.63, 3.8) is 0 Å². The number of hydrogen-bond donors (Lipinski definition) is 1. The Kier molecular flexibility index (Phi) is 5.33. The number of ether oxygens (including phenoxy) is 1. The van der Waals surface area contributed by atoms with Gasteiger partial charge in [0, 0.05) is 45.1 Å². The highest BCUT2D eigenvalue weighted by atomic mass is 32.1. The van der Waals surface area contributed by atoms with Crippen LogP contribution in [0, 0.1) is 0 Å². The average molecular weight is 312 g/mol. The van der Waals surface area contributed by atoms with Gasteiger partial charge in [-0.3, -0.25) is 9.59 Å². The van der Waals surface area contributed by atoms with Crippen LogP contribution < -0.4 is 0 Å². The molecule has 0 aromatic carbocycles. The van der Waals surface area contributed by atoms with Gasteiger partial charge in [-0.2, -0.15) is 0 Å². The molecule has 0 unspecified atom stereocenters. The van der Waals surface area contributed by atoms with Crippen LogP contribution in [0.15, 0.2) is 12.1 Å². The Balaban J connectivity index is 2.05. The number of amides is 2. The first-order valence-electron chi connectivity index (χ1n) is 6.81. The highest BCUT2D eigenvalue weighted by Gasteiger charge is 2.26. The Morgan fingerprint density at radius 3 is 2.67 bits per heavy atom. The lowest BCUT2D eigenvalue weighted by atomic mass is 10.3. The Labute approximate surface area is 127 Å². The number of methoxy groups -OCH3 is 1. The largest absolute Gasteiger partial charge is 0.389 e. The molecule has 0 bridgehead atoms. The summed E-state index contributed by atoms with van der Waals surface area (Å²) in [5, 5.41) is 9.96. The van der Waals surface area contributed by atoms with Gasteiger partial charge in [-0.25, -0.2) is 0 Å². The summed E-state index contributed by atoms with van der Waals surface area (Å²) in [4.78, 5) is 28.7. The van der Waals surface area contributed by atoms with Crippen molar-refractivity contribution in [1.82, 2.24) is 9.80 Å². The Morgan fingerprint density at radius 2 is 2.00 bits per heavy atom. The van der Waals surface area contributed by atoms with Gasteiger partial charge in [0.15, 0.2) is 0 Å². The lowest BCUT2D eigenvalue weighted by Gasteiger charge is -2.20. The van der Waals surface area contributed by atoms with E-state index in [1.165, 1.54) is 18.3 Å². The molecule has 116 valence electrons. The molecule has 0 spiro atoms. The van der Waals surface area contributed by atoms with Gasteiger partial charge in [-0.1, -0.05) is 0 Å². The van der Waals surface area contributed by atoms with Crippen LogP contribution in [-0.2, 0) is 16.1 Å². The van der Waals surface area contributed by atoms with Crippen LogP contribution in [0.3, 0.4) is 0 Å². The van der Waals surface area contributed by atoms with Crippen LogP contribution in [0.25, 0.3) is 0 Å². The Bertz CT molecular complexity index is 517. The van der Waals surface area contributed by atoms with Crippen molar-refractivity contribution < 1.29 is 19.4 Å². The van der Waals surface area contributed by atoms with E-state index < -0.39 is 6.10 Å². The molecule has 2 rings (SSSR count). The van der Waals surface area contributed by atoms with E-state index >= 15 is 0 Å². The first kappa shape index (κ1) is 15.9. The molecule has 0 saturated carbocycles. The van der Waals surface area contributed by atoms with E-state index in [1.54, 1.807) is 23.0 Å². The average Bonchev–Trinajstić information content (AvgIpc) is 2.80. The predicted molar refractivity (Wildman–Crippen MR) is 79.2 cm³/mol. The molecular weight excluding hydrogens is 292 g/mol. The second-order valence-corrected chi connectivity index (χ2v) is 6.24. The molecule has 1 fully saturated rings. The molecule has 1 aromatic heterocycles. The molecule has 0 aliphatic carbocycles. The number of hydrogen-bond acceptors (Lipinski definition) is 5. The van der Waals surface area contributed by atoms with E-state index in [2.05, 4.69) is 0 Å². The third-order valence-corrected chi connectivity index (χ3v) is 4.44. The summed E-state index contributed by atoms with van der Waals surface area (Å²) in [6.45, 7) is 3.37. The summed E-state index contributed by atoms with van der Waals surface area (Å²) in [5.74, 6) is -0.186. The molecule has 1 N–H and O–H groups in total. The normalized spacial score (nSPS) is 19.5. The molecule has 1 atom stereocenters. The molecule has 1 aliphatic heterocycles. The van der Waals surface area contributed by atoms with Crippen molar-refractivity contribution in [2.24, 2.45) is 0 Å². The van der Waals surface area contributed by atoms with Crippen LogP contribution in [0.1, 0.15) is 21.5 Å². The number of nitrogens with zero attached hydrogens (tertiary/aromatic N) is 2. The molecule has 1 aromatic rings. The maximum absolute atomic E-state index is 12.5. The fourth-order valence-corrected chi connectivity index (χ4v) is 3.28. The molecule has 7 heteroatoms. The maximum atomic E-state index is 12.5. The lowest BCUT2D eigenvalue weighted by Crippen LogP contribution is -2.37. The summed E-state index contributed by atoms with van der Waals surface area (Å²) < 4.78 is 5.05. The number of aliphatic hydroxyl groups is 1. The topological polar surface area (TPSA) is 70.1 Å². The molecule has 1 aliphatic rings. The van der Waals surface area contributed by atoms with Gasteiger partial charge in [-0.05, 0) is 12.1 Å². The number of β-amino-alcohol motifs (C(OH)–C–C–N with tert-alkyl or cyclic N) is 1. The minimum atomic E-state index is -0.709. The zero-order valence-electron chi connectivity index (χ0n) is 12.2. The molecule has 0 radical (unpaired) electrons. The van der Waals surface area contributed by atoms with Crippen LogP contribution in [-0.4, -0.2) is 66.1 Å². The van der Waals surface area contributed by atoms with Crippen molar-refractivity contribution >= 4 is 23.2 Å². The number of thiophene rings is 1. The van der Waals surface area contributed by atoms with Gasteiger partial charge in [0.25, 0.3) is 5.91 Å². The molecular formula is C14H20N2O4S. The Morgan fingerprint density at radius 1 is 1.33 bits per heavy atom. The summed E-state index contributed by atoms with van der Waals surface area (Å²) >= 11 is 1.40. The van der Waals surface area contributed by atoms with Gasteiger partial charge < -0.3 is 19.6 Å². The second-order valence-electron chi connectivity index (χ2n) is 5.07. The summed E-state index contributed by atoms with van der Waals surface area (Å²) in [7, 11) is 1.61. The molecule has 1 saturated heterocycles. The van der Waals surface area contributed by atoms with E-state index in [9.17, 15) is 14.7 Å². The highest BCUT2D eigenvalue weighted by Crippen LogP contribution is 2.20. The summed E-state index contributed by atoms with van der Waals surface area (Å²) in [6.07, 6.45) is -0.709. The van der Waals surface area contributed by atoms with Crippen molar-refractivity contribution in [3.05, 3.63) is 21.9 Å². The van der Waals surface area contributed by atoms with Gasteiger partial charge >= 0.3 is 0 Å². The van der Waals surface area contributed by atoms with Crippen molar-refractivity contribution in [1.29, 1.82) is 0 Å². The maximum Gasteiger partial charge on any atom is 0.264 e. The highest BCUT2D eigenvalue weighted by molar-refractivity contribution is 7.14. The summed E-state index contributed by atoms with van der Waals surface area (Å²) in [6, 6.07) is 3.65. The second kappa shape index (κ2) is 7.02. The number of aliphatic hydroxyl groups excluding tert-OH is 1. The minimum absolute atomic E-state index is 0.0816. The van der Waals surface area contributed by atoms with Gasteiger partial charge in [-0.15, -0.1) is 11.3 Å².